The van der Waals surface area contributed by atoms with Crippen LogP contribution in [0.3, 0.4) is 0 Å². The molecule has 1 aliphatic rings. The third-order valence-electron chi connectivity index (χ3n) is 6.41. The fourth-order valence-electron chi connectivity index (χ4n) is 4.25. The summed E-state index contributed by atoms with van der Waals surface area (Å²) in [5, 5.41) is 5.92. The topological polar surface area (TPSA) is 41.1 Å². The Morgan fingerprint density at radius 2 is 1.83 bits per heavy atom. The molecule has 3 rings (SSSR count). The Balaban J connectivity index is 1.73. The van der Waals surface area contributed by atoms with Crippen LogP contribution in [-0.4, -0.2) is 12.6 Å². The van der Waals surface area contributed by atoms with Gasteiger partial charge >= 0.3 is 6.03 Å². The summed E-state index contributed by atoms with van der Waals surface area (Å²) in [6, 6.07) is 11.2. The monoisotopic (exact) mass is 412 g/mol. The van der Waals surface area contributed by atoms with Crippen molar-refractivity contribution in [3.8, 4) is 0 Å². The van der Waals surface area contributed by atoms with Gasteiger partial charge in [0, 0.05) is 18.0 Å². The van der Waals surface area contributed by atoms with Gasteiger partial charge in [0.1, 0.15) is 11.6 Å². The van der Waals surface area contributed by atoms with E-state index in [0.717, 1.165) is 22.8 Å². The lowest BCUT2D eigenvalue weighted by atomic mass is 9.87. The number of amides is 2. The smallest absolute Gasteiger partial charge is 0.315 e. The number of nitrogens with one attached hydrogen (secondary N) is 2. The molecule has 1 unspecified atom stereocenters. The summed E-state index contributed by atoms with van der Waals surface area (Å²) in [5.74, 6) is -1.17. The Morgan fingerprint density at radius 1 is 1.17 bits per heavy atom. The predicted octanol–water partition coefficient (Wildman–Crippen LogP) is 5.90. The third kappa shape index (κ3) is 4.11. The van der Waals surface area contributed by atoms with Crippen LogP contribution in [0.4, 0.5) is 13.6 Å². The Bertz CT molecular complexity index is 996. The van der Waals surface area contributed by atoms with E-state index in [2.05, 4.69) is 17.2 Å². The number of benzene rings is 2. The van der Waals surface area contributed by atoms with Crippen molar-refractivity contribution in [2.75, 3.05) is 6.54 Å². The van der Waals surface area contributed by atoms with Gasteiger partial charge in [-0.05, 0) is 61.4 Å². The first-order valence-electron chi connectivity index (χ1n) is 10.2. The maximum Gasteiger partial charge on any atom is 0.315 e. The Morgan fingerprint density at radius 3 is 2.40 bits per heavy atom. The minimum absolute atomic E-state index is 0.190. The maximum absolute atomic E-state index is 14.5. The average molecular weight is 413 g/mol. The molecule has 160 valence electrons. The zero-order chi connectivity index (χ0) is 22.3. The van der Waals surface area contributed by atoms with Crippen molar-refractivity contribution in [3.63, 3.8) is 0 Å². The molecule has 1 saturated carbocycles. The first-order valence-corrected chi connectivity index (χ1v) is 10.2. The highest BCUT2D eigenvalue weighted by atomic mass is 19.1. The summed E-state index contributed by atoms with van der Waals surface area (Å²) in [5.41, 5.74) is 2.04. The molecule has 0 heterocycles. The molecule has 2 amide bonds. The van der Waals surface area contributed by atoms with E-state index in [1.807, 2.05) is 58.9 Å². The van der Waals surface area contributed by atoms with Crippen molar-refractivity contribution in [1.29, 1.82) is 0 Å². The van der Waals surface area contributed by atoms with E-state index in [0.29, 0.717) is 12.0 Å². The summed E-state index contributed by atoms with van der Waals surface area (Å²) in [6.07, 6.45) is 0.715. The van der Waals surface area contributed by atoms with Gasteiger partial charge in [-0.25, -0.2) is 13.6 Å². The number of hydrogen-bond donors (Lipinski definition) is 2. The predicted molar refractivity (Wildman–Crippen MR) is 117 cm³/mol. The molecule has 30 heavy (non-hydrogen) atoms. The Kier molecular flexibility index (Phi) is 5.52. The summed E-state index contributed by atoms with van der Waals surface area (Å²) in [4.78, 5) is 12.7. The first-order chi connectivity index (χ1) is 13.9. The highest BCUT2D eigenvalue weighted by molar-refractivity contribution is 5.75. The van der Waals surface area contributed by atoms with E-state index in [1.165, 1.54) is 12.1 Å². The second-order valence-corrected chi connectivity index (χ2v) is 9.56. The molecule has 5 heteroatoms. The zero-order valence-electron chi connectivity index (χ0n) is 18.3. The summed E-state index contributed by atoms with van der Waals surface area (Å²) in [6.45, 7) is 14.1. The Hall–Kier alpha value is -2.69. The van der Waals surface area contributed by atoms with E-state index in [1.54, 1.807) is 0 Å². The van der Waals surface area contributed by atoms with Crippen LogP contribution in [0.15, 0.2) is 49.0 Å². The lowest BCUT2D eigenvalue weighted by Gasteiger charge is -2.29. The van der Waals surface area contributed by atoms with E-state index in [9.17, 15) is 13.6 Å². The van der Waals surface area contributed by atoms with Gasteiger partial charge in [0.05, 0.1) is 5.54 Å². The van der Waals surface area contributed by atoms with Gasteiger partial charge in [0.15, 0.2) is 0 Å². The summed E-state index contributed by atoms with van der Waals surface area (Å²) in [7, 11) is 0. The van der Waals surface area contributed by atoms with Crippen LogP contribution in [0.2, 0.25) is 0 Å². The molecule has 1 atom stereocenters. The third-order valence-corrected chi connectivity index (χ3v) is 6.41. The fourth-order valence-corrected chi connectivity index (χ4v) is 4.25. The van der Waals surface area contributed by atoms with Gasteiger partial charge in [-0.3, -0.25) is 0 Å². The molecule has 2 N–H and O–H groups in total. The summed E-state index contributed by atoms with van der Waals surface area (Å²) >= 11 is 0. The van der Waals surface area contributed by atoms with Crippen molar-refractivity contribution in [3.05, 3.63) is 77.4 Å². The number of rotatable bonds is 6. The molecule has 3 nitrogen and oxygen atoms in total. The molecular weight excluding hydrogens is 382 g/mol. The summed E-state index contributed by atoms with van der Waals surface area (Å²) < 4.78 is 27.8. The standard InChI is InChI=1S/C25H30F2N2O/c1-16(2)17-8-7-9-18(12-17)24(5,6)29-22(30)28-15-25(14-23(25,3)4)20-11-10-19(26)13-21(20)27/h7-13H,1,14-15H2,2-6H3,(H2,28,29,30). The molecule has 1 fully saturated rings. The van der Waals surface area contributed by atoms with Crippen LogP contribution in [0, 0.1) is 17.0 Å². The van der Waals surface area contributed by atoms with Gasteiger partial charge in [-0.1, -0.05) is 50.3 Å². The Labute approximate surface area is 177 Å². The minimum atomic E-state index is -0.608. The normalized spacial score (nSPS) is 19.8. The van der Waals surface area contributed by atoms with Gasteiger partial charge in [-0.2, -0.15) is 0 Å². The van der Waals surface area contributed by atoms with E-state index in [4.69, 9.17) is 0 Å². The number of carbonyl (C=O) groups is 1. The van der Waals surface area contributed by atoms with Crippen molar-refractivity contribution in [2.24, 2.45) is 5.41 Å². The van der Waals surface area contributed by atoms with Crippen molar-refractivity contribution >= 4 is 11.6 Å². The highest BCUT2D eigenvalue weighted by Gasteiger charge is 2.62. The molecule has 0 radical (unpaired) electrons. The van der Waals surface area contributed by atoms with Crippen LogP contribution in [-0.2, 0) is 11.0 Å². The van der Waals surface area contributed by atoms with Crippen LogP contribution in [0.5, 0.6) is 0 Å². The second-order valence-electron chi connectivity index (χ2n) is 9.56. The number of hydrogen-bond acceptors (Lipinski definition) is 1. The number of carbonyl (C=O) groups excluding carboxylic acids is 1. The minimum Gasteiger partial charge on any atom is -0.337 e. The van der Waals surface area contributed by atoms with Crippen LogP contribution >= 0.6 is 0 Å². The maximum atomic E-state index is 14.5. The van der Waals surface area contributed by atoms with Crippen LogP contribution in [0.1, 0.15) is 57.7 Å². The van der Waals surface area contributed by atoms with Crippen LogP contribution < -0.4 is 10.6 Å². The van der Waals surface area contributed by atoms with Gasteiger partial charge < -0.3 is 10.6 Å². The zero-order valence-corrected chi connectivity index (χ0v) is 18.3. The molecule has 0 saturated heterocycles. The van der Waals surface area contributed by atoms with E-state index < -0.39 is 22.6 Å². The van der Waals surface area contributed by atoms with Gasteiger partial charge in [0.2, 0.25) is 0 Å². The van der Waals surface area contributed by atoms with E-state index >= 15 is 0 Å². The lowest BCUT2D eigenvalue weighted by molar-refractivity contribution is 0.228. The molecule has 1 aliphatic carbocycles. The SMILES string of the molecule is C=C(C)c1cccc(C(C)(C)NC(=O)NCC2(c3ccc(F)cc3F)CC2(C)C)c1. The molecule has 0 aliphatic heterocycles. The number of urea groups is 1. The largest absolute Gasteiger partial charge is 0.337 e. The molecule has 2 aromatic carbocycles. The van der Waals surface area contributed by atoms with Gasteiger partial charge in [-0.15, -0.1) is 0 Å². The number of halogens is 2. The molecule has 0 aromatic heterocycles. The quantitative estimate of drug-likeness (QED) is 0.609. The lowest BCUT2D eigenvalue weighted by Crippen LogP contribution is -2.48. The molecule has 0 spiro atoms. The first kappa shape index (κ1) is 22.0. The molecular formula is C25H30F2N2O. The van der Waals surface area contributed by atoms with Crippen molar-refractivity contribution in [1.82, 2.24) is 10.6 Å². The van der Waals surface area contributed by atoms with E-state index in [-0.39, 0.29) is 18.0 Å². The molecule has 0 bridgehead atoms. The van der Waals surface area contributed by atoms with Crippen molar-refractivity contribution in [2.45, 2.75) is 52.0 Å². The van der Waals surface area contributed by atoms with Crippen molar-refractivity contribution < 1.29 is 13.6 Å². The van der Waals surface area contributed by atoms with Gasteiger partial charge in [0.25, 0.3) is 0 Å². The highest BCUT2D eigenvalue weighted by Crippen LogP contribution is 2.64. The van der Waals surface area contributed by atoms with Crippen LogP contribution in [0.25, 0.3) is 5.57 Å². The average Bonchev–Trinajstić information content (AvgIpc) is 3.21. The number of allylic oxidation sites excluding steroid dienone is 1. The molecule has 2 aromatic rings. The fraction of sp³-hybridized carbons (Fsp3) is 0.400. The second kappa shape index (κ2) is 7.53.